The molecule has 0 bridgehead atoms. The standard InChI is InChI=1S/C18H30N4O2/c1-13(7-17(20)23)8-18(24)22(16-5-6-21-11-16)12-15-4-2-3-14(9-15)10-19/h13-16,21H,2-9,11-12H2,1H3,(H2,20,23). The Morgan fingerprint density at radius 2 is 2.12 bits per heavy atom. The largest absolute Gasteiger partial charge is 0.370 e. The average Bonchev–Trinajstić information content (AvgIpc) is 3.05. The van der Waals surface area contributed by atoms with Gasteiger partial charge in [0.05, 0.1) is 6.07 Å². The van der Waals surface area contributed by atoms with Gasteiger partial charge in [0.15, 0.2) is 0 Å². The number of hydrogen-bond donors (Lipinski definition) is 2. The minimum absolute atomic E-state index is 0.0231. The van der Waals surface area contributed by atoms with Crippen molar-refractivity contribution in [2.75, 3.05) is 19.6 Å². The molecule has 24 heavy (non-hydrogen) atoms. The lowest BCUT2D eigenvalue weighted by Crippen LogP contribution is -2.45. The van der Waals surface area contributed by atoms with E-state index in [1.165, 1.54) is 0 Å². The van der Waals surface area contributed by atoms with Crippen LogP contribution in [0.1, 0.15) is 51.9 Å². The molecule has 4 unspecified atom stereocenters. The van der Waals surface area contributed by atoms with E-state index in [1.807, 2.05) is 11.8 Å². The van der Waals surface area contributed by atoms with Gasteiger partial charge in [-0.3, -0.25) is 9.59 Å². The van der Waals surface area contributed by atoms with Gasteiger partial charge in [-0.15, -0.1) is 0 Å². The average molecular weight is 334 g/mol. The highest BCUT2D eigenvalue weighted by Gasteiger charge is 2.31. The van der Waals surface area contributed by atoms with Gasteiger partial charge >= 0.3 is 0 Å². The molecule has 2 fully saturated rings. The van der Waals surface area contributed by atoms with E-state index in [0.717, 1.165) is 51.7 Å². The molecule has 1 aliphatic carbocycles. The highest BCUT2D eigenvalue weighted by Crippen LogP contribution is 2.30. The van der Waals surface area contributed by atoms with Crippen LogP contribution in [0.4, 0.5) is 0 Å². The van der Waals surface area contributed by atoms with Crippen molar-refractivity contribution < 1.29 is 9.59 Å². The first kappa shape index (κ1) is 18.7. The molecule has 2 aliphatic rings. The second-order valence-corrected chi connectivity index (χ2v) is 7.53. The lowest BCUT2D eigenvalue weighted by Gasteiger charge is -2.35. The summed E-state index contributed by atoms with van der Waals surface area (Å²) in [6.45, 7) is 4.42. The summed E-state index contributed by atoms with van der Waals surface area (Å²) in [6, 6.07) is 2.63. The number of carbonyl (C=O) groups excluding carboxylic acids is 2. The van der Waals surface area contributed by atoms with Crippen LogP contribution >= 0.6 is 0 Å². The van der Waals surface area contributed by atoms with E-state index in [2.05, 4.69) is 11.4 Å². The number of hydrogen-bond acceptors (Lipinski definition) is 4. The minimum Gasteiger partial charge on any atom is -0.370 e. The van der Waals surface area contributed by atoms with Crippen molar-refractivity contribution in [1.29, 1.82) is 5.26 Å². The summed E-state index contributed by atoms with van der Waals surface area (Å²) in [6.07, 6.45) is 5.66. The third kappa shape index (κ3) is 5.48. The number of primary amides is 1. The second kappa shape index (κ2) is 9.03. The predicted octanol–water partition coefficient (Wildman–Crippen LogP) is 1.41. The maximum Gasteiger partial charge on any atom is 0.223 e. The first-order valence-electron chi connectivity index (χ1n) is 9.17. The number of nitriles is 1. The highest BCUT2D eigenvalue weighted by molar-refractivity contribution is 5.79. The van der Waals surface area contributed by atoms with E-state index < -0.39 is 0 Å². The third-order valence-corrected chi connectivity index (χ3v) is 5.29. The Morgan fingerprint density at radius 1 is 1.33 bits per heavy atom. The molecule has 1 saturated carbocycles. The van der Waals surface area contributed by atoms with Crippen molar-refractivity contribution in [2.45, 2.75) is 57.9 Å². The monoisotopic (exact) mass is 334 g/mol. The summed E-state index contributed by atoms with van der Waals surface area (Å²) in [7, 11) is 0. The van der Waals surface area contributed by atoms with Gasteiger partial charge in [-0.1, -0.05) is 13.3 Å². The summed E-state index contributed by atoms with van der Waals surface area (Å²) in [5.41, 5.74) is 5.24. The van der Waals surface area contributed by atoms with E-state index >= 15 is 0 Å². The Bertz CT molecular complexity index is 482. The fourth-order valence-electron chi connectivity index (χ4n) is 4.04. The molecule has 3 N–H and O–H groups in total. The van der Waals surface area contributed by atoms with Gasteiger partial charge in [0.2, 0.25) is 11.8 Å². The van der Waals surface area contributed by atoms with Crippen molar-refractivity contribution >= 4 is 11.8 Å². The minimum atomic E-state index is -0.353. The van der Waals surface area contributed by atoms with E-state index in [1.54, 1.807) is 0 Å². The van der Waals surface area contributed by atoms with Crippen LogP contribution in [-0.4, -0.2) is 42.4 Å². The Balaban J connectivity index is 1.97. The van der Waals surface area contributed by atoms with Crippen LogP contribution in [0, 0.1) is 29.1 Å². The number of carbonyl (C=O) groups is 2. The quantitative estimate of drug-likeness (QED) is 0.735. The molecule has 0 aromatic heterocycles. The molecular formula is C18H30N4O2. The first-order valence-corrected chi connectivity index (χ1v) is 9.17. The van der Waals surface area contributed by atoms with E-state index in [0.29, 0.717) is 12.3 Å². The normalized spacial score (nSPS) is 28.1. The van der Waals surface area contributed by atoms with Crippen LogP contribution in [0.15, 0.2) is 0 Å². The van der Waals surface area contributed by atoms with Crippen molar-refractivity contribution in [3.05, 3.63) is 0 Å². The van der Waals surface area contributed by atoms with Crippen molar-refractivity contribution in [3.8, 4) is 6.07 Å². The van der Waals surface area contributed by atoms with E-state index in [-0.39, 0.29) is 36.1 Å². The molecule has 4 atom stereocenters. The van der Waals surface area contributed by atoms with Gasteiger partial charge in [-0.05, 0) is 44.1 Å². The van der Waals surface area contributed by atoms with Gasteiger partial charge in [0.1, 0.15) is 0 Å². The van der Waals surface area contributed by atoms with Gasteiger partial charge in [0, 0.05) is 37.9 Å². The Hall–Kier alpha value is -1.61. The summed E-state index contributed by atoms with van der Waals surface area (Å²) in [5, 5.41) is 12.5. The predicted molar refractivity (Wildman–Crippen MR) is 91.6 cm³/mol. The zero-order valence-corrected chi connectivity index (χ0v) is 14.7. The van der Waals surface area contributed by atoms with Crippen molar-refractivity contribution in [2.24, 2.45) is 23.5 Å². The fourth-order valence-corrected chi connectivity index (χ4v) is 4.04. The SMILES string of the molecule is CC(CC(N)=O)CC(=O)N(CC1CCCC(C#N)C1)C1CCNC1. The molecule has 1 heterocycles. The zero-order valence-electron chi connectivity index (χ0n) is 14.7. The van der Waals surface area contributed by atoms with Crippen molar-refractivity contribution in [1.82, 2.24) is 10.2 Å². The van der Waals surface area contributed by atoms with Crippen LogP contribution in [0.25, 0.3) is 0 Å². The second-order valence-electron chi connectivity index (χ2n) is 7.53. The maximum atomic E-state index is 12.8. The Morgan fingerprint density at radius 3 is 2.75 bits per heavy atom. The van der Waals surface area contributed by atoms with Crippen molar-refractivity contribution in [3.63, 3.8) is 0 Å². The van der Waals surface area contributed by atoms with Gasteiger partial charge in [0.25, 0.3) is 0 Å². The molecule has 0 aromatic rings. The molecule has 2 amide bonds. The third-order valence-electron chi connectivity index (χ3n) is 5.29. The molecule has 0 spiro atoms. The molecule has 2 rings (SSSR count). The molecule has 6 nitrogen and oxygen atoms in total. The highest BCUT2D eigenvalue weighted by atomic mass is 16.2. The Labute approximate surface area is 144 Å². The number of nitrogens with one attached hydrogen (secondary N) is 1. The molecule has 1 aliphatic heterocycles. The lowest BCUT2D eigenvalue weighted by atomic mass is 9.81. The number of rotatable bonds is 7. The number of amides is 2. The summed E-state index contributed by atoms with van der Waals surface area (Å²) < 4.78 is 0. The number of nitrogens with two attached hydrogens (primary N) is 1. The molecule has 134 valence electrons. The maximum absolute atomic E-state index is 12.8. The summed E-state index contributed by atoms with van der Waals surface area (Å²) in [5.74, 6) is 0.297. The molecule has 6 heteroatoms. The van der Waals surface area contributed by atoms with Gasteiger partial charge in [-0.2, -0.15) is 5.26 Å². The van der Waals surface area contributed by atoms with E-state index in [4.69, 9.17) is 5.73 Å². The van der Waals surface area contributed by atoms with Crippen LogP contribution in [0.5, 0.6) is 0 Å². The summed E-state index contributed by atoms with van der Waals surface area (Å²) in [4.78, 5) is 25.9. The Kier molecular flexibility index (Phi) is 7.04. The van der Waals surface area contributed by atoms with Gasteiger partial charge < -0.3 is 16.0 Å². The topological polar surface area (TPSA) is 99.2 Å². The first-order chi connectivity index (χ1) is 11.5. The fraction of sp³-hybridized carbons (Fsp3) is 0.833. The summed E-state index contributed by atoms with van der Waals surface area (Å²) >= 11 is 0. The van der Waals surface area contributed by atoms with Gasteiger partial charge in [-0.25, -0.2) is 0 Å². The molecular weight excluding hydrogens is 304 g/mol. The molecule has 0 radical (unpaired) electrons. The lowest BCUT2D eigenvalue weighted by molar-refractivity contribution is -0.135. The van der Waals surface area contributed by atoms with E-state index in [9.17, 15) is 14.9 Å². The molecule has 1 saturated heterocycles. The zero-order chi connectivity index (χ0) is 17.5. The van der Waals surface area contributed by atoms with Crippen LogP contribution in [0.3, 0.4) is 0 Å². The smallest absolute Gasteiger partial charge is 0.223 e. The van der Waals surface area contributed by atoms with Crippen LogP contribution in [0.2, 0.25) is 0 Å². The van der Waals surface area contributed by atoms with Crippen LogP contribution in [-0.2, 0) is 9.59 Å². The van der Waals surface area contributed by atoms with Crippen LogP contribution < -0.4 is 11.1 Å². The number of nitrogens with zero attached hydrogens (tertiary/aromatic N) is 2. The molecule has 0 aromatic carbocycles.